The minimum atomic E-state index is 0.0311. The second kappa shape index (κ2) is 6.68. The zero-order chi connectivity index (χ0) is 18.1. The summed E-state index contributed by atoms with van der Waals surface area (Å²) in [5, 5.41) is 12.6. The standard InChI is InChI=1S/C18H26N8/c1-18(2,3)16-14-15-17(19-4-7-26(15)21-16)24-11-8-23(9-12-24)10-13-25-6-5-20-22-25/h4-7,14H,8-13H2,1-3H3. The number of hydrogen-bond donors (Lipinski definition) is 0. The van der Waals surface area contributed by atoms with Crippen LogP contribution in [0, 0.1) is 0 Å². The van der Waals surface area contributed by atoms with Crippen molar-refractivity contribution >= 4 is 11.3 Å². The molecule has 4 rings (SSSR count). The number of rotatable bonds is 4. The van der Waals surface area contributed by atoms with Gasteiger partial charge in [0.15, 0.2) is 5.82 Å². The molecule has 4 heterocycles. The van der Waals surface area contributed by atoms with Crippen LogP contribution in [0.2, 0.25) is 0 Å². The number of fused-ring (bicyclic) bond motifs is 1. The first-order valence-corrected chi connectivity index (χ1v) is 9.17. The first-order valence-electron chi connectivity index (χ1n) is 9.17. The van der Waals surface area contributed by atoms with Gasteiger partial charge in [0.25, 0.3) is 0 Å². The Labute approximate surface area is 153 Å². The summed E-state index contributed by atoms with van der Waals surface area (Å²) < 4.78 is 3.84. The molecule has 1 saturated heterocycles. The Morgan fingerprint density at radius 3 is 2.50 bits per heavy atom. The van der Waals surface area contributed by atoms with Crippen molar-refractivity contribution in [3.8, 4) is 0 Å². The van der Waals surface area contributed by atoms with E-state index in [0.29, 0.717) is 0 Å². The molecule has 0 spiro atoms. The van der Waals surface area contributed by atoms with E-state index in [-0.39, 0.29) is 5.41 Å². The largest absolute Gasteiger partial charge is 0.352 e. The minimum absolute atomic E-state index is 0.0311. The summed E-state index contributed by atoms with van der Waals surface area (Å²) in [6, 6.07) is 2.18. The van der Waals surface area contributed by atoms with Crippen LogP contribution in [0.3, 0.4) is 0 Å². The smallest absolute Gasteiger partial charge is 0.154 e. The molecule has 0 aromatic carbocycles. The van der Waals surface area contributed by atoms with E-state index < -0.39 is 0 Å². The number of piperazine rings is 1. The van der Waals surface area contributed by atoms with E-state index in [9.17, 15) is 0 Å². The Balaban J connectivity index is 1.45. The van der Waals surface area contributed by atoms with Crippen LogP contribution in [-0.2, 0) is 12.0 Å². The van der Waals surface area contributed by atoms with Crippen LogP contribution >= 0.6 is 0 Å². The molecule has 0 radical (unpaired) electrons. The van der Waals surface area contributed by atoms with Gasteiger partial charge in [-0.2, -0.15) is 5.10 Å². The van der Waals surface area contributed by atoms with Gasteiger partial charge in [-0.05, 0) is 6.07 Å². The minimum Gasteiger partial charge on any atom is -0.352 e. The predicted octanol–water partition coefficient (Wildman–Crippen LogP) is 1.44. The molecular weight excluding hydrogens is 328 g/mol. The molecule has 0 unspecified atom stereocenters. The van der Waals surface area contributed by atoms with Crippen molar-refractivity contribution in [1.29, 1.82) is 0 Å². The molecule has 8 heteroatoms. The molecule has 3 aromatic rings. The van der Waals surface area contributed by atoms with Crippen LogP contribution < -0.4 is 4.90 Å². The molecule has 0 atom stereocenters. The lowest BCUT2D eigenvalue weighted by molar-refractivity contribution is 0.243. The maximum atomic E-state index is 4.74. The number of hydrogen-bond acceptors (Lipinski definition) is 6. The third kappa shape index (κ3) is 3.41. The van der Waals surface area contributed by atoms with E-state index in [1.807, 2.05) is 27.8 Å². The van der Waals surface area contributed by atoms with Gasteiger partial charge in [-0.1, -0.05) is 26.0 Å². The summed E-state index contributed by atoms with van der Waals surface area (Å²) >= 11 is 0. The van der Waals surface area contributed by atoms with E-state index >= 15 is 0 Å². The second-order valence-electron chi connectivity index (χ2n) is 7.86. The van der Waals surface area contributed by atoms with Gasteiger partial charge in [0.05, 0.1) is 18.4 Å². The van der Waals surface area contributed by atoms with Crippen LogP contribution in [0.1, 0.15) is 26.5 Å². The fraction of sp³-hybridized carbons (Fsp3) is 0.556. The molecule has 0 saturated carbocycles. The van der Waals surface area contributed by atoms with Gasteiger partial charge < -0.3 is 4.90 Å². The quantitative estimate of drug-likeness (QED) is 0.706. The van der Waals surface area contributed by atoms with E-state index in [0.717, 1.165) is 56.3 Å². The Kier molecular flexibility index (Phi) is 4.36. The molecule has 3 aromatic heterocycles. The average molecular weight is 354 g/mol. The van der Waals surface area contributed by atoms with Crippen LogP contribution in [0.5, 0.6) is 0 Å². The van der Waals surface area contributed by atoms with Crippen molar-refractivity contribution in [2.24, 2.45) is 0 Å². The summed E-state index contributed by atoms with van der Waals surface area (Å²) in [4.78, 5) is 9.50. The van der Waals surface area contributed by atoms with Gasteiger partial charge in [-0.3, -0.25) is 9.58 Å². The van der Waals surface area contributed by atoms with Crippen molar-refractivity contribution in [2.75, 3.05) is 37.6 Å². The van der Waals surface area contributed by atoms with Gasteiger partial charge in [0.1, 0.15) is 5.52 Å². The topological polar surface area (TPSA) is 67.4 Å². The number of anilines is 1. The molecule has 0 bridgehead atoms. The van der Waals surface area contributed by atoms with Gasteiger partial charge in [-0.25, -0.2) is 9.50 Å². The number of nitrogens with zero attached hydrogens (tertiary/aromatic N) is 8. The summed E-state index contributed by atoms with van der Waals surface area (Å²) in [6.45, 7) is 12.4. The Morgan fingerprint density at radius 1 is 1.00 bits per heavy atom. The van der Waals surface area contributed by atoms with Crippen molar-refractivity contribution in [2.45, 2.75) is 32.7 Å². The molecule has 8 nitrogen and oxygen atoms in total. The monoisotopic (exact) mass is 354 g/mol. The van der Waals surface area contributed by atoms with Crippen LogP contribution in [0.4, 0.5) is 5.82 Å². The first-order chi connectivity index (χ1) is 12.5. The lowest BCUT2D eigenvalue weighted by atomic mass is 9.92. The Bertz CT molecular complexity index is 853. The van der Waals surface area contributed by atoms with Crippen LogP contribution in [-0.4, -0.2) is 67.2 Å². The van der Waals surface area contributed by atoms with Crippen molar-refractivity contribution in [1.82, 2.24) is 34.5 Å². The molecular formula is C18H26N8. The maximum Gasteiger partial charge on any atom is 0.154 e. The molecule has 0 amide bonds. The molecule has 1 fully saturated rings. The predicted molar refractivity (Wildman–Crippen MR) is 100 cm³/mol. The fourth-order valence-electron chi connectivity index (χ4n) is 3.30. The van der Waals surface area contributed by atoms with Crippen molar-refractivity contribution in [3.63, 3.8) is 0 Å². The summed E-state index contributed by atoms with van der Waals surface area (Å²) in [6.07, 6.45) is 7.41. The Hall–Kier alpha value is -2.48. The highest BCUT2D eigenvalue weighted by molar-refractivity contribution is 5.69. The third-order valence-electron chi connectivity index (χ3n) is 4.93. The van der Waals surface area contributed by atoms with Gasteiger partial charge >= 0.3 is 0 Å². The average Bonchev–Trinajstić information content (AvgIpc) is 3.29. The highest BCUT2D eigenvalue weighted by Gasteiger charge is 2.23. The van der Waals surface area contributed by atoms with Gasteiger partial charge in [-0.15, -0.1) is 5.10 Å². The summed E-state index contributed by atoms with van der Waals surface area (Å²) in [7, 11) is 0. The molecule has 0 N–H and O–H groups in total. The molecule has 1 aliphatic heterocycles. The highest BCUT2D eigenvalue weighted by Crippen LogP contribution is 2.26. The van der Waals surface area contributed by atoms with E-state index in [2.05, 4.69) is 51.9 Å². The zero-order valence-electron chi connectivity index (χ0n) is 15.7. The SMILES string of the molecule is CC(C)(C)c1cc2c(N3CCN(CCn4ccnn4)CC3)nccn2n1. The van der Waals surface area contributed by atoms with Gasteiger partial charge in [0, 0.05) is 56.7 Å². The molecule has 0 aliphatic carbocycles. The lowest BCUT2D eigenvalue weighted by Crippen LogP contribution is -2.47. The zero-order valence-corrected chi connectivity index (χ0v) is 15.7. The van der Waals surface area contributed by atoms with E-state index in [1.54, 1.807) is 6.20 Å². The highest BCUT2D eigenvalue weighted by atomic mass is 15.4. The molecule has 1 aliphatic rings. The van der Waals surface area contributed by atoms with Gasteiger partial charge in [0.2, 0.25) is 0 Å². The summed E-state index contributed by atoms with van der Waals surface area (Å²) in [5.41, 5.74) is 2.22. The normalized spacial score (nSPS) is 16.5. The molecule has 138 valence electrons. The van der Waals surface area contributed by atoms with Crippen molar-refractivity contribution < 1.29 is 0 Å². The molecule has 26 heavy (non-hydrogen) atoms. The van der Waals surface area contributed by atoms with E-state index in [4.69, 9.17) is 5.10 Å². The first kappa shape index (κ1) is 17.0. The van der Waals surface area contributed by atoms with Crippen LogP contribution in [0.25, 0.3) is 5.52 Å². The van der Waals surface area contributed by atoms with Crippen LogP contribution in [0.15, 0.2) is 30.9 Å². The van der Waals surface area contributed by atoms with Crippen molar-refractivity contribution in [3.05, 3.63) is 36.5 Å². The Morgan fingerprint density at radius 2 is 1.81 bits per heavy atom. The fourth-order valence-corrected chi connectivity index (χ4v) is 3.30. The maximum absolute atomic E-state index is 4.74. The summed E-state index contributed by atoms with van der Waals surface area (Å²) in [5.74, 6) is 1.03. The third-order valence-corrected chi connectivity index (χ3v) is 4.93. The van der Waals surface area contributed by atoms with E-state index in [1.165, 1.54) is 0 Å². The second-order valence-corrected chi connectivity index (χ2v) is 7.86. The number of aromatic nitrogens is 6. The lowest BCUT2D eigenvalue weighted by Gasteiger charge is -2.35.